The highest BCUT2D eigenvalue weighted by Gasteiger charge is 2.62. The van der Waals surface area contributed by atoms with E-state index in [-0.39, 0.29) is 23.8 Å². The average Bonchev–Trinajstić information content (AvgIpc) is 3.50. The van der Waals surface area contributed by atoms with Crippen LogP contribution in [0.2, 0.25) is 0 Å². The molecule has 12 heteroatoms. The number of oxazole rings is 1. The van der Waals surface area contributed by atoms with Gasteiger partial charge in [0.05, 0.1) is 12.2 Å². The first kappa shape index (κ1) is 36.5. The molecule has 1 aliphatic carbocycles. The Morgan fingerprint density at radius 2 is 1.29 bits per heavy atom. The van der Waals surface area contributed by atoms with E-state index in [1.165, 1.54) is 4.90 Å². The third-order valence-electron chi connectivity index (χ3n) is 9.76. The molecule has 52 heavy (non-hydrogen) atoms. The molecule has 12 nitrogen and oxygen atoms in total. The van der Waals surface area contributed by atoms with Gasteiger partial charge in [-0.15, -0.1) is 6.42 Å². The zero-order valence-corrected chi connectivity index (χ0v) is 30.9. The summed E-state index contributed by atoms with van der Waals surface area (Å²) in [6.07, 6.45) is 7.33. The Labute approximate surface area is 304 Å². The molecule has 3 aliphatic rings. The molecule has 7 unspecified atom stereocenters. The summed E-state index contributed by atoms with van der Waals surface area (Å²) in [5.74, 6) is 3.56. The van der Waals surface area contributed by atoms with Gasteiger partial charge in [-0.2, -0.15) is 0 Å². The summed E-state index contributed by atoms with van der Waals surface area (Å²) in [6.45, 7) is 14.8. The molecule has 1 aromatic heterocycles. The minimum absolute atomic E-state index is 0.0298. The number of hydrogen-bond acceptors (Lipinski definition) is 8. The number of likely N-dealkylation sites (tertiary alicyclic amines) is 2. The highest BCUT2D eigenvalue weighted by atomic mass is 16.6. The highest BCUT2D eigenvalue weighted by molar-refractivity contribution is 5.98. The standard InChI is InChI=1S/C40H47N5O7/c1-10-29-22(2)19-30(44(29)37(48)51-39(4,5)6)34(46)42-26-15-11-24(12-16-26)32-21-41-36(50-32)25-13-17-27(18-14-25)43-35(47)31-20-28-23(3)33(28)45(31)38(49)52-40(7,8)9/h1,11-18,21-23,28-31,33H,19-20H2,2-9H3,(H,42,46)(H,43,47). The van der Waals surface area contributed by atoms with Crippen LogP contribution in [-0.2, 0) is 19.1 Å². The van der Waals surface area contributed by atoms with Crippen LogP contribution in [-0.4, -0.2) is 74.2 Å². The molecule has 274 valence electrons. The number of amides is 4. The van der Waals surface area contributed by atoms with Crippen molar-refractivity contribution in [2.24, 2.45) is 17.8 Å². The van der Waals surface area contributed by atoms with E-state index in [0.717, 1.165) is 5.56 Å². The predicted octanol–water partition coefficient (Wildman–Crippen LogP) is 7.18. The van der Waals surface area contributed by atoms with Gasteiger partial charge in [0.15, 0.2) is 5.76 Å². The molecule has 2 saturated heterocycles. The van der Waals surface area contributed by atoms with Crippen LogP contribution in [0.5, 0.6) is 0 Å². The second kappa shape index (κ2) is 13.7. The van der Waals surface area contributed by atoms with Crippen LogP contribution in [0.3, 0.4) is 0 Å². The first-order valence-electron chi connectivity index (χ1n) is 17.7. The molecule has 2 N–H and O–H groups in total. The van der Waals surface area contributed by atoms with Gasteiger partial charge in [0.1, 0.15) is 23.3 Å². The molecule has 3 heterocycles. The summed E-state index contributed by atoms with van der Waals surface area (Å²) in [6, 6.07) is 12.4. The van der Waals surface area contributed by atoms with Crippen LogP contribution >= 0.6 is 0 Å². The number of terminal acetylenes is 1. The van der Waals surface area contributed by atoms with E-state index in [2.05, 4.69) is 28.5 Å². The highest BCUT2D eigenvalue weighted by Crippen LogP contribution is 2.53. The van der Waals surface area contributed by atoms with Gasteiger partial charge in [-0.25, -0.2) is 14.6 Å². The van der Waals surface area contributed by atoms with Gasteiger partial charge in [0, 0.05) is 28.5 Å². The smallest absolute Gasteiger partial charge is 0.411 e. The van der Waals surface area contributed by atoms with Crippen molar-refractivity contribution in [2.75, 3.05) is 10.6 Å². The van der Waals surface area contributed by atoms with Gasteiger partial charge in [0.2, 0.25) is 17.7 Å². The molecule has 7 atom stereocenters. The molecule has 0 radical (unpaired) electrons. The van der Waals surface area contributed by atoms with Crippen molar-refractivity contribution in [2.45, 2.75) is 104 Å². The number of aromatic nitrogens is 1. The molecular formula is C40H47N5O7. The zero-order valence-electron chi connectivity index (χ0n) is 30.9. The fraction of sp³-hybridized carbons (Fsp3) is 0.475. The van der Waals surface area contributed by atoms with E-state index in [1.807, 2.05) is 27.7 Å². The monoisotopic (exact) mass is 709 g/mol. The Bertz CT molecular complexity index is 1880. The molecular weight excluding hydrogens is 662 g/mol. The topological polar surface area (TPSA) is 143 Å². The van der Waals surface area contributed by atoms with Crippen molar-refractivity contribution in [3.63, 3.8) is 0 Å². The summed E-state index contributed by atoms with van der Waals surface area (Å²) < 4.78 is 17.2. The third kappa shape index (κ3) is 7.64. The first-order valence-corrected chi connectivity index (χ1v) is 17.7. The van der Waals surface area contributed by atoms with Crippen molar-refractivity contribution in [1.29, 1.82) is 0 Å². The Morgan fingerprint density at radius 3 is 1.81 bits per heavy atom. The average molecular weight is 710 g/mol. The number of rotatable bonds is 6. The SMILES string of the molecule is C#CC1C(C)CC(C(=O)Nc2ccc(-c3cnc(-c4ccc(NC(=O)C5CC6C(C)C6N5C(=O)OC(C)(C)C)cc4)o3)cc2)N1C(=O)OC(C)(C)C. The minimum atomic E-state index is -0.772. The fourth-order valence-corrected chi connectivity index (χ4v) is 7.21. The second-order valence-electron chi connectivity index (χ2n) is 16.0. The molecule has 3 aromatic rings. The Balaban J connectivity index is 1.07. The third-order valence-corrected chi connectivity index (χ3v) is 9.76. The van der Waals surface area contributed by atoms with Gasteiger partial charge in [-0.1, -0.05) is 19.8 Å². The number of carbonyl (C=O) groups is 4. The quantitative estimate of drug-likeness (QED) is 0.257. The van der Waals surface area contributed by atoms with Gasteiger partial charge < -0.3 is 24.5 Å². The minimum Gasteiger partial charge on any atom is -0.444 e. The number of hydrogen-bond donors (Lipinski definition) is 2. The first-order chi connectivity index (χ1) is 24.4. The summed E-state index contributed by atoms with van der Waals surface area (Å²) in [5.41, 5.74) is 1.21. The zero-order chi connectivity index (χ0) is 37.7. The number of benzene rings is 2. The van der Waals surface area contributed by atoms with Crippen molar-refractivity contribution in [3.05, 3.63) is 54.7 Å². The summed E-state index contributed by atoms with van der Waals surface area (Å²) in [7, 11) is 0. The maximum absolute atomic E-state index is 13.4. The fourth-order valence-electron chi connectivity index (χ4n) is 7.21. The number of piperidine rings is 1. The van der Waals surface area contributed by atoms with Crippen molar-refractivity contribution < 1.29 is 33.1 Å². The number of anilines is 2. The van der Waals surface area contributed by atoms with Crippen LogP contribution in [0.25, 0.3) is 22.8 Å². The maximum atomic E-state index is 13.4. The molecule has 0 spiro atoms. The van der Waals surface area contributed by atoms with E-state index in [4.69, 9.17) is 20.3 Å². The van der Waals surface area contributed by atoms with E-state index >= 15 is 0 Å². The van der Waals surface area contributed by atoms with Gasteiger partial charge in [0.25, 0.3) is 0 Å². The number of fused-ring (bicyclic) bond motifs is 1. The van der Waals surface area contributed by atoms with Crippen LogP contribution in [0.15, 0.2) is 59.1 Å². The Morgan fingerprint density at radius 1 is 0.788 bits per heavy atom. The van der Waals surface area contributed by atoms with Crippen LogP contribution < -0.4 is 10.6 Å². The lowest BCUT2D eigenvalue weighted by molar-refractivity contribution is -0.121. The molecule has 1 saturated carbocycles. The number of ether oxygens (including phenoxy) is 2. The molecule has 3 fully saturated rings. The van der Waals surface area contributed by atoms with Gasteiger partial charge >= 0.3 is 12.2 Å². The van der Waals surface area contributed by atoms with Crippen molar-refractivity contribution in [3.8, 4) is 35.1 Å². The molecule has 4 amide bonds. The van der Waals surface area contributed by atoms with E-state index in [1.54, 1.807) is 80.4 Å². The summed E-state index contributed by atoms with van der Waals surface area (Å²) in [5, 5.41) is 5.86. The molecule has 2 aromatic carbocycles. The summed E-state index contributed by atoms with van der Waals surface area (Å²) in [4.78, 5) is 60.1. The molecule has 6 rings (SSSR count). The van der Waals surface area contributed by atoms with Crippen LogP contribution in [0.4, 0.5) is 21.0 Å². The number of carbonyl (C=O) groups excluding carboxylic acids is 4. The number of nitrogens with zero attached hydrogens (tertiary/aromatic N) is 3. The van der Waals surface area contributed by atoms with Crippen molar-refractivity contribution in [1.82, 2.24) is 14.8 Å². The Kier molecular flexibility index (Phi) is 9.59. The maximum Gasteiger partial charge on any atom is 0.411 e. The Hall–Kier alpha value is -5.31. The van der Waals surface area contributed by atoms with Gasteiger partial charge in [-0.3, -0.25) is 19.4 Å². The van der Waals surface area contributed by atoms with E-state index < -0.39 is 41.5 Å². The predicted molar refractivity (Wildman–Crippen MR) is 196 cm³/mol. The molecule has 0 bridgehead atoms. The van der Waals surface area contributed by atoms with Gasteiger partial charge in [-0.05, 0) is 121 Å². The van der Waals surface area contributed by atoms with E-state index in [0.29, 0.717) is 53.3 Å². The summed E-state index contributed by atoms with van der Waals surface area (Å²) >= 11 is 0. The second-order valence-corrected chi connectivity index (χ2v) is 16.0. The molecule has 2 aliphatic heterocycles. The largest absolute Gasteiger partial charge is 0.444 e. The lowest BCUT2D eigenvalue weighted by Gasteiger charge is -2.30. The normalized spacial score (nSPS) is 25.2. The van der Waals surface area contributed by atoms with Crippen molar-refractivity contribution >= 4 is 35.4 Å². The van der Waals surface area contributed by atoms with Crippen LogP contribution in [0, 0.1) is 30.1 Å². The lowest BCUT2D eigenvalue weighted by Crippen LogP contribution is -2.48. The van der Waals surface area contributed by atoms with Crippen LogP contribution in [0.1, 0.15) is 68.2 Å². The van der Waals surface area contributed by atoms with E-state index in [9.17, 15) is 19.2 Å². The lowest BCUT2D eigenvalue weighted by atomic mass is 10.0. The number of nitrogens with one attached hydrogen (secondary N) is 2.